The van der Waals surface area contributed by atoms with Crippen LogP contribution in [0.1, 0.15) is 5.56 Å². The highest BCUT2D eigenvalue weighted by Gasteiger charge is 2.15. The van der Waals surface area contributed by atoms with Crippen LogP contribution in [0.4, 0.5) is 5.69 Å². The lowest BCUT2D eigenvalue weighted by Crippen LogP contribution is -2.25. The number of carbonyl (C=O) groups is 2. The summed E-state index contributed by atoms with van der Waals surface area (Å²) in [6, 6.07) is 5.30. The summed E-state index contributed by atoms with van der Waals surface area (Å²) in [7, 11) is 0. The number of anilines is 1. The van der Waals surface area contributed by atoms with Crippen LogP contribution in [0.15, 0.2) is 18.2 Å². The molecule has 0 unspecified atom stereocenters. The van der Waals surface area contributed by atoms with Crippen molar-refractivity contribution in [1.82, 2.24) is 0 Å². The van der Waals surface area contributed by atoms with Gasteiger partial charge in [0.15, 0.2) is 6.61 Å². The van der Waals surface area contributed by atoms with Gasteiger partial charge < -0.3 is 14.8 Å². The lowest BCUT2D eigenvalue weighted by Gasteiger charge is -2.18. The van der Waals surface area contributed by atoms with Crippen molar-refractivity contribution in [3.63, 3.8) is 0 Å². The second kappa shape index (κ2) is 3.49. The Morgan fingerprint density at radius 3 is 3.14 bits per heavy atom. The summed E-state index contributed by atoms with van der Waals surface area (Å²) < 4.78 is 5.19. The van der Waals surface area contributed by atoms with Gasteiger partial charge in [0.2, 0.25) is 0 Å². The zero-order valence-corrected chi connectivity index (χ0v) is 7.45. The van der Waals surface area contributed by atoms with Crippen LogP contribution in [0.3, 0.4) is 0 Å². The van der Waals surface area contributed by atoms with E-state index in [2.05, 4.69) is 5.32 Å². The van der Waals surface area contributed by atoms with E-state index in [1.165, 1.54) is 0 Å². The molecule has 2 rings (SSSR count). The molecule has 1 aromatic carbocycles. The number of benzene rings is 1. The Kier molecular flexibility index (Phi) is 2.18. The van der Waals surface area contributed by atoms with Gasteiger partial charge >= 0.3 is 0 Å². The second-order valence-electron chi connectivity index (χ2n) is 3.04. The molecule has 1 aliphatic heterocycles. The third-order valence-corrected chi connectivity index (χ3v) is 2.00. The molecule has 1 heterocycles. The topological polar surface area (TPSA) is 55.4 Å². The van der Waals surface area contributed by atoms with Crippen LogP contribution in [0.5, 0.6) is 5.75 Å². The zero-order valence-electron chi connectivity index (χ0n) is 7.45. The number of ether oxygens (including phenoxy) is 1. The first-order chi connectivity index (χ1) is 6.79. The predicted octanol–water partition coefficient (Wildman–Crippen LogP) is 0.759. The second-order valence-corrected chi connectivity index (χ2v) is 3.04. The first-order valence-electron chi connectivity index (χ1n) is 4.29. The van der Waals surface area contributed by atoms with Crippen molar-refractivity contribution in [3.05, 3.63) is 23.8 Å². The summed E-state index contributed by atoms with van der Waals surface area (Å²) in [5.41, 5.74) is 1.55. The highest BCUT2D eigenvalue weighted by Crippen LogP contribution is 2.28. The molecule has 0 aromatic heterocycles. The molecule has 0 aliphatic carbocycles. The molecule has 0 bridgehead atoms. The van der Waals surface area contributed by atoms with E-state index in [-0.39, 0.29) is 12.5 Å². The van der Waals surface area contributed by atoms with Gasteiger partial charge in [-0.05, 0) is 17.7 Å². The minimum atomic E-state index is -0.152. The molecule has 1 N–H and O–H groups in total. The molecule has 0 radical (unpaired) electrons. The van der Waals surface area contributed by atoms with Crippen LogP contribution in [0.2, 0.25) is 0 Å². The van der Waals surface area contributed by atoms with E-state index in [0.717, 1.165) is 11.8 Å². The Bertz CT molecular complexity index is 387. The van der Waals surface area contributed by atoms with E-state index in [0.29, 0.717) is 17.9 Å². The fourth-order valence-corrected chi connectivity index (χ4v) is 1.34. The third-order valence-electron chi connectivity index (χ3n) is 2.00. The van der Waals surface area contributed by atoms with Gasteiger partial charge in [0.05, 0.1) is 5.69 Å². The van der Waals surface area contributed by atoms with E-state index in [9.17, 15) is 9.59 Å². The van der Waals surface area contributed by atoms with Crippen LogP contribution < -0.4 is 10.1 Å². The maximum absolute atomic E-state index is 10.9. The molecular formula is C10H9NO3. The molecule has 14 heavy (non-hydrogen) atoms. The molecule has 1 aliphatic rings. The Morgan fingerprint density at radius 1 is 1.50 bits per heavy atom. The minimum Gasteiger partial charge on any atom is -0.482 e. The maximum atomic E-state index is 10.9. The molecule has 0 fully saturated rings. The average Bonchev–Trinajstić information content (AvgIpc) is 2.19. The van der Waals surface area contributed by atoms with Crippen LogP contribution in [-0.4, -0.2) is 18.8 Å². The Labute approximate surface area is 80.9 Å². The molecule has 0 atom stereocenters. The van der Waals surface area contributed by atoms with Gasteiger partial charge in [0.25, 0.3) is 5.91 Å². The van der Waals surface area contributed by atoms with Crippen LogP contribution in [-0.2, 0) is 16.0 Å². The van der Waals surface area contributed by atoms with Gasteiger partial charge in [-0.1, -0.05) is 6.07 Å². The van der Waals surface area contributed by atoms with Gasteiger partial charge in [-0.2, -0.15) is 0 Å². The maximum Gasteiger partial charge on any atom is 0.262 e. The summed E-state index contributed by atoms with van der Waals surface area (Å²) >= 11 is 0. The van der Waals surface area contributed by atoms with Gasteiger partial charge in [-0.25, -0.2) is 0 Å². The van der Waals surface area contributed by atoms with Crippen molar-refractivity contribution in [3.8, 4) is 5.75 Å². The van der Waals surface area contributed by atoms with E-state index >= 15 is 0 Å². The number of rotatable bonds is 2. The fourth-order valence-electron chi connectivity index (χ4n) is 1.34. The highest BCUT2D eigenvalue weighted by molar-refractivity contribution is 5.95. The lowest BCUT2D eigenvalue weighted by molar-refractivity contribution is -0.118. The Hall–Kier alpha value is -1.84. The first kappa shape index (κ1) is 8.74. The van der Waals surface area contributed by atoms with Gasteiger partial charge in [0, 0.05) is 6.42 Å². The van der Waals surface area contributed by atoms with Gasteiger partial charge in [0.1, 0.15) is 12.0 Å². The average molecular weight is 191 g/mol. The predicted molar refractivity (Wildman–Crippen MR) is 50.3 cm³/mol. The number of carbonyl (C=O) groups excluding carboxylic acids is 2. The zero-order chi connectivity index (χ0) is 9.97. The quantitative estimate of drug-likeness (QED) is 0.702. The summed E-state index contributed by atoms with van der Waals surface area (Å²) in [5, 5.41) is 2.68. The summed E-state index contributed by atoms with van der Waals surface area (Å²) in [6.07, 6.45) is 1.20. The minimum absolute atomic E-state index is 0.0392. The van der Waals surface area contributed by atoms with Crippen LogP contribution in [0.25, 0.3) is 0 Å². The highest BCUT2D eigenvalue weighted by atomic mass is 16.5. The monoisotopic (exact) mass is 191 g/mol. The third kappa shape index (κ3) is 1.59. The molecule has 0 spiro atoms. The molecule has 4 nitrogen and oxygen atoms in total. The molecular weight excluding hydrogens is 182 g/mol. The van der Waals surface area contributed by atoms with Crippen LogP contribution in [0, 0.1) is 0 Å². The fraction of sp³-hybridized carbons (Fsp3) is 0.200. The Balaban J connectivity index is 2.31. The van der Waals surface area contributed by atoms with Crippen molar-refractivity contribution in [2.45, 2.75) is 6.42 Å². The van der Waals surface area contributed by atoms with E-state index in [4.69, 9.17) is 4.74 Å². The molecule has 0 saturated heterocycles. The number of fused-ring (bicyclic) bond motifs is 1. The van der Waals surface area contributed by atoms with Crippen molar-refractivity contribution in [2.75, 3.05) is 11.9 Å². The summed E-state index contributed by atoms with van der Waals surface area (Å²) in [5.74, 6) is 0.476. The van der Waals surface area contributed by atoms with Crippen molar-refractivity contribution >= 4 is 17.9 Å². The largest absolute Gasteiger partial charge is 0.482 e. The first-order valence-corrected chi connectivity index (χ1v) is 4.29. The molecule has 1 aromatic rings. The van der Waals surface area contributed by atoms with E-state index < -0.39 is 0 Å². The Morgan fingerprint density at radius 2 is 2.36 bits per heavy atom. The molecule has 72 valence electrons. The smallest absolute Gasteiger partial charge is 0.262 e. The molecule has 1 amide bonds. The molecule has 0 saturated carbocycles. The standard InChI is InChI=1S/C10H9NO3/c12-4-3-7-1-2-8-9(5-7)14-6-10(13)11-8/h1-2,4-5H,3,6H2,(H,11,13). The summed E-state index contributed by atoms with van der Waals surface area (Å²) in [4.78, 5) is 21.2. The number of amides is 1. The SMILES string of the molecule is O=CCc1ccc2c(c1)OCC(=O)N2. The number of hydrogen-bond donors (Lipinski definition) is 1. The van der Waals surface area contributed by atoms with E-state index in [1.807, 2.05) is 0 Å². The van der Waals surface area contributed by atoms with Gasteiger partial charge in [-0.3, -0.25) is 4.79 Å². The number of nitrogens with one attached hydrogen (secondary N) is 1. The summed E-state index contributed by atoms with van der Waals surface area (Å²) in [6.45, 7) is 0.0392. The van der Waals surface area contributed by atoms with Gasteiger partial charge in [-0.15, -0.1) is 0 Å². The lowest BCUT2D eigenvalue weighted by atomic mass is 10.1. The van der Waals surface area contributed by atoms with E-state index in [1.54, 1.807) is 18.2 Å². The number of aldehydes is 1. The normalized spacial score (nSPS) is 13.9. The van der Waals surface area contributed by atoms with Crippen molar-refractivity contribution in [2.24, 2.45) is 0 Å². The molecule has 4 heteroatoms. The number of hydrogen-bond acceptors (Lipinski definition) is 3. The van der Waals surface area contributed by atoms with Crippen LogP contribution >= 0.6 is 0 Å². The van der Waals surface area contributed by atoms with Crippen molar-refractivity contribution < 1.29 is 14.3 Å². The van der Waals surface area contributed by atoms with Crippen molar-refractivity contribution in [1.29, 1.82) is 0 Å².